The second kappa shape index (κ2) is 3.97. The molecule has 0 heterocycles. The largest absolute Gasteiger partial charge is 0.478 e. The van der Waals surface area contributed by atoms with Gasteiger partial charge in [-0.2, -0.15) is 0 Å². The first-order valence-electron chi connectivity index (χ1n) is 3.59. The van der Waals surface area contributed by atoms with E-state index in [0.29, 0.717) is 5.56 Å². The van der Waals surface area contributed by atoms with Crippen molar-refractivity contribution >= 4 is 5.97 Å². The Balaban J connectivity index is 3.03. The van der Waals surface area contributed by atoms with Crippen LogP contribution in [0.5, 0.6) is 0 Å². The Kier molecular flexibility index (Phi) is 2.94. The van der Waals surface area contributed by atoms with E-state index in [-0.39, 0.29) is 12.1 Å². The van der Waals surface area contributed by atoms with Crippen LogP contribution in [0.15, 0.2) is 18.2 Å². The Morgan fingerprint density at radius 1 is 1.54 bits per heavy atom. The van der Waals surface area contributed by atoms with Crippen LogP contribution in [0.25, 0.3) is 0 Å². The molecule has 4 nitrogen and oxygen atoms in total. The number of carbonyl (C=O) groups is 1. The third kappa shape index (κ3) is 2.50. The van der Waals surface area contributed by atoms with Crippen molar-refractivity contribution in [3.8, 4) is 0 Å². The molecule has 0 bridgehead atoms. The number of nitrogens with two attached hydrogens (primary N) is 1. The molecule has 1 aromatic rings. The van der Waals surface area contributed by atoms with Crippen molar-refractivity contribution < 1.29 is 14.3 Å². The van der Waals surface area contributed by atoms with Gasteiger partial charge >= 0.3 is 5.97 Å². The van der Waals surface area contributed by atoms with Crippen LogP contribution in [0.2, 0.25) is 0 Å². The lowest BCUT2D eigenvalue weighted by atomic mass is 10.1. The number of aromatic carboxylic acids is 1. The van der Waals surface area contributed by atoms with Crippen molar-refractivity contribution in [2.24, 2.45) is 5.84 Å². The highest BCUT2D eigenvalue weighted by Gasteiger charge is 2.06. The molecule has 1 aromatic carbocycles. The third-order valence-corrected chi connectivity index (χ3v) is 1.51. The van der Waals surface area contributed by atoms with Gasteiger partial charge in [0.2, 0.25) is 0 Å². The van der Waals surface area contributed by atoms with E-state index in [1.54, 1.807) is 0 Å². The highest BCUT2D eigenvalue weighted by atomic mass is 19.1. The molecule has 0 atom stereocenters. The summed E-state index contributed by atoms with van der Waals surface area (Å²) in [7, 11) is 0. The third-order valence-electron chi connectivity index (χ3n) is 1.51. The van der Waals surface area contributed by atoms with Crippen molar-refractivity contribution in [1.82, 2.24) is 5.43 Å². The van der Waals surface area contributed by atoms with E-state index < -0.39 is 11.8 Å². The number of hydrogen-bond acceptors (Lipinski definition) is 3. The predicted molar refractivity (Wildman–Crippen MR) is 44.4 cm³/mol. The van der Waals surface area contributed by atoms with Gasteiger partial charge in [-0.3, -0.25) is 11.3 Å². The fourth-order valence-corrected chi connectivity index (χ4v) is 0.994. The van der Waals surface area contributed by atoms with Crippen LogP contribution in [0.4, 0.5) is 4.39 Å². The Morgan fingerprint density at radius 3 is 2.77 bits per heavy atom. The molecule has 0 fully saturated rings. The quantitative estimate of drug-likeness (QED) is 0.472. The van der Waals surface area contributed by atoms with Crippen molar-refractivity contribution in [1.29, 1.82) is 0 Å². The van der Waals surface area contributed by atoms with Crippen LogP contribution >= 0.6 is 0 Å². The van der Waals surface area contributed by atoms with Gasteiger partial charge in [0.15, 0.2) is 0 Å². The van der Waals surface area contributed by atoms with Crippen molar-refractivity contribution in [2.75, 3.05) is 0 Å². The van der Waals surface area contributed by atoms with Crippen LogP contribution in [0.1, 0.15) is 15.9 Å². The fraction of sp³-hybridized carbons (Fsp3) is 0.125. The highest BCUT2D eigenvalue weighted by Crippen LogP contribution is 2.08. The Morgan fingerprint density at radius 2 is 2.23 bits per heavy atom. The molecule has 0 saturated carbocycles. The first-order valence-corrected chi connectivity index (χ1v) is 3.59. The second-order valence-electron chi connectivity index (χ2n) is 2.53. The summed E-state index contributed by atoms with van der Waals surface area (Å²) in [6.07, 6.45) is 0. The van der Waals surface area contributed by atoms with Crippen molar-refractivity contribution in [2.45, 2.75) is 6.54 Å². The lowest BCUT2D eigenvalue weighted by molar-refractivity contribution is 0.0696. The monoisotopic (exact) mass is 184 g/mol. The number of benzene rings is 1. The molecule has 0 saturated heterocycles. The van der Waals surface area contributed by atoms with E-state index in [4.69, 9.17) is 10.9 Å². The summed E-state index contributed by atoms with van der Waals surface area (Å²) < 4.78 is 12.8. The zero-order valence-corrected chi connectivity index (χ0v) is 6.75. The number of rotatable bonds is 3. The number of hydrogen-bond donors (Lipinski definition) is 3. The van der Waals surface area contributed by atoms with Gasteiger partial charge in [-0.15, -0.1) is 0 Å². The van der Waals surface area contributed by atoms with Gasteiger partial charge in [0.05, 0.1) is 5.56 Å². The van der Waals surface area contributed by atoms with E-state index in [2.05, 4.69) is 5.43 Å². The van der Waals surface area contributed by atoms with Crippen LogP contribution < -0.4 is 11.3 Å². The minimum Gasteiger partial charge on any atom is -0.478 e. The minimum absolute atomic E-state index is 0.0785. The van der Waals surface area contributed by atoms with E-state index in [0.717, 1.165) is 6.07 Å². The first-order chi connectivity index (χ1) is 6.13. The Labute approximate surface area is 74.1 Å². The average molecular weight is 184 g/mol. The number of carboxylic acid groups (broad SMARTS) is 1. The van der Waals surface area contributed by atoms with E-state index >= 15 is 0 Å². The maximum Gasteiger partial charge on any atom is 0.335 e. The lowest BCUT2D eigenvalue weighted by Gasteiger charge is -2.01. The normalized spacial score (nSPS) is 10.0. The summed E-state index contributed by atoms with van der Waals surface area (Å²) in [6, 6.07) is 3.56. The molecular weight excluding hydrogens is 175 g/mol. The zero-order valence-electron chi connectivity index (χ0n) is 6.75. The van der Waals surface area contributed by atoms with Crippen LogP contribution in [-0.4, -0.2) is 11.1 Å². The topological polar surface area (TPSA) is 75.3 Å². The molecular formula is C8H9FN2O2. The molecule has 0 aliphatic rings. The SMILES string of the molecule is NNCc1cc(F)cc(C(=O)O)c1. The van der Waals surface area contributed by atoms with Gasteiger partial charge in [0.25, 0.3) is 0 Å². The number of nitrogens with one attached hydrogen (secondary N) is 1. The molecule has 0 aromatic heterocycles. The lowest BCUT2D eigenvalue weighted by Crippen LogP contribution is -2.21. The van der Waals surface area contributed by atoms with Gasteiger partial charge in [-0.05, 0) is 23.8 Å². The summed E-state index contributed by atoms with van der Waals surface area (Å²) in [5, 5.41) is 8.58. The second-order valence-corrected chi connectivity index (χ2v) is 2.53. The van der Waals surface area contributed by atoms with Crippen LogP contribution in [0, 0.1) is 5.82 Å². The number of halogens is 1. The van der Waals surface area contributed by atoms with Crippen LogP contribution in [0.3, 0.4) is 0 Å². The maximum atomic E-state index is 12.8. The summed E-state index contributed by atoms with van der Waals surface area (Å²) in [5.74, 6) is 3.28. The van der Waals surface area contributed by atoms with E-state index in [1.165, 1.54) is 12.1 Å². The molecule has 5 heteroatoms. The minimum atomic E-state index is -1.15. The summed E-state index contributed by atoms with van der Waals surface area (Å²) in [4.78, 5) is 10.5. The highest BCUT2D eigenvalue weighted by molar-refractivity contribution is 5.87. The maximum absolute atomic E-state index is 12.8. The van der Waals surface area contributed by atoms with Gasteiger partial charge in [0.1, 0.15) is 5.82 Å². The summed E-state index contributed by atoms with van der Waals surface area (Å²) >= 11 is 0. The fourth-order valence-electron chi connectivity index (χ4n) is 0.994. The molecule has 0 unspecified atom stereocenters. The van der Waals surface area contributed by atoms with E-state index in [1.807, 2.05) is 0 Å². The molecule has 0 aliphatic carbocycles. The van der Waals surface area contributed by atoms with E-state index in [9.17, 15) is 9.18 Å². The van der Waals surface area contributed by atoms with Gasteiger partial charge in [-0.1, -0.05) is 0 Å². The van der Waals surface area contributed by atoms with Gasteiger partial charge < -0.3 is 5.11 Å². The van der Waals surface area contributed by atoms with Crippen molar-refractivity contribution in [3.05, 3.63) is 35.1 Å². The standard InChI is InChI=1S/C8H9FN2O2/c9-7-2-5(4-11-10)1-6(3-7)8(12)13/h1-3,11H,4,10H2,(H,12,13). The Hall–Kier alpha value is -1.46. The molecule has 1 rings (SSSR count). The first kappa shape index (κ1) is 9.63. The molecule has 4 N–H and O–H groups in total. The molecule has 0 amide bonds. The smallest absolute Gasteiger partial charge is 0.335 e. The number of carboxylic acids is 1. The summed E-state index contributed by atoms with van der Waals surface area (Å²) in [5.41, 5.74) is 2.74. The average Bonchev–Trinajstić information content (AvgIpc) is 2.03. The molecule has 0 aliphatic heterocycles. The zero-order chi connectivity index (χ0) is 9.84. The van der Waals surface area contributed by atoms with Crippen LogP contribution in [-0.2, 0) is 6.54 Å². The van der Waals surface area contributed by atoms with Crippen molar-refractivity contribution in [3.63, 3.8) is 0 Å². The molecule has 0 spiro atoms. The predicted octanol–water partition coefficient (Wildman–Crippen LogP) is 0.487. The van der Waals surface area contributed by atoms with Gasteiger partial charge in [0, 0.05) is 6.54 Å². The molecule has 70 valence electrons. The number of hydrazine groups is 1. The van der Waals surface area contributed by atoms with Gasteiger partial charge in [-0.25, -0.2) is 9.18 Å². The summed E-state index contributed by atoms with van der Waals surface area (Å²) in [6.45, 7) is 0.234. The Bertz CT molecular complexity index is 328. The molecule has 0 radical (unpaired) electrons. The molecule has 13 heavy (non-hydrogen) atoms.